The van der Waals surface area contributed by atoms with Gasteiger partial charge in [0.05, 0.1) is 17.3 Å². The van der Waals surface area contributed by atoms with Gasteiger partial charge in [0, 0.05) is 12.0 Å². The van der Waals surface area contributed by atoms with E-state index < -0.39 is 0 Å². The summed E-state index contributed by atoms with van der Waals surface area (Å²) in [5, 5.41) is 9.18. The highest BCUT2D eigenvalue weighted by molar-refractivity contribution is 8.00. The van der Waals surface area contributed by atoms with Gasteiger partial charge in [0.15, 0.2) is 0 Å². The number of nitrogens with zero attached hydrogens (tertiary/aromatic N) is 3. The van der Waals surface area contributed by atoms with Crippen LogP contribution in [0.2, 0.25) is 0 Å². The van der Waals surface area contributed by atoms with Crippen molar-refractivity contribution in [2.45, 2.75) is 112 Å². The zero-order valence-corrected chi connectivity index (χ0v) is 22.0. The second kappa shape index (κ2) is 10.2. The molecule has 0 bridgehead atoms. The van der Waals surface area contributed by atoms with Gasteiger partial charge in [0.25, 0.3) is 0 Å². The summed E-state index contributed by atoms with van der Waals surface area (Å²) < 4.78 is 8.20. The summed E-state index contributed by atoms with van der Waals surface area (Å²) in [4.78, 5) is -0.253. The molecule has 0 N–H and O–H groups in total. The van der Waals surface area contributed by atoms with E-state index in [1.165, 1.54) is 0 Å². The fourth-order valence-electron chi connectivity index (χ4n) is 3.52. The van der Waals surface area contributed by atoms with Crippen LogP contribution in [0.4, 0.5) is 0 Å². The van der Waals surface area contributed by atoms with Crippen LogP contribution in [0.15, 0.2) is 6.20 Å². The first-order valence-electron chi connectivity index (χ1n) is 11.3. The van der Waals surface area contributed by atoms with Crippen LogP contribution in [0.1, 0.15) is 107 Å². The predicted octanol–water partition coefficient (Wildman–Crippen LogP) is 7.31. The molecule has 1 aromatic heterocycles. The van der Waals surface area contributed by atoms with Gasteiger partial charge in [-0.2, -0.15) is 0 Å². The second-order valence-electron chi connectivity index (χ2n) is 11.3. The first-order valence-corrected chi connectivity index (χ1v) is 12.2. The van der Waals surface area contributed by atoms with Gasteiger partial charge >= 0.3 is 0 Å². The van der Waals surface area contributed by atoms with Gasteiger partial charge in [-0.25, -0.2) is 4.68 Å². The molecule has 1 rings (SSSR count). The molecule has 0 radical (unpaired) electrons. The topological polar surface area (TPSA) is 39.9 Å². The van der Waals surface area contributed by atoms with Crippen LogP contribution in [0, 0.1) is 23.2 Å². The lowest BCUT2D eigenvalue weighted by Crippen LogP contribution is -2.30. The molecule has 0 saturated heterocycles. The van der Waals surface area contributed by atoms with E-state index >= 15 is 0 Å². The second-order valence-corrected chi connectivity index (χ2v) is 13.2. The average Bonchev–Trinajstić information content (AvgIpc) is 3.03. The van der Waals surface area contributed by atoms with Gasteiger partial charge < -0.3 is 4.74 Å². The molecule has 0 aliphatic heterocycles. The van der Waals surface area contributed by atoms with E-state index in [9.17, 15) is 0 Å². The Morgan fingerprint density at radius 2 is 1.59 bits per heavy atom. The van der Waals surface area contributed by atoms with E-state index in [2.05, 4.69) is 99.6 Å². The molecule has 170 valence electrons. The third kappa shape index (κ3) is 8.24. The number of hydrogen-bond acceptors (Lipinski definition) is 4. The Morgan fingerprint density at radius 1 is 1.00 bits per heavy atom. The van der Waals surface area contributed by atoms with Crippen molar-refractivity contribution < 1.29 is 4.74 Å². The van der Waals surface area contributed by atoms with Crippen LogP contribution in [0.3, 0.4) is 0 Å². The van der Waals surface area contributed by atoms with Crippen LogP contribution >= 0.6 is 11.8 Å². The van der Waals surface area contributed by atoms with Crippen LogP contribution in [0.25, 0.3) is 0 Å². The minimum atomic E-state index is -0.253. The van der Waals surface area contributed by atoms with Crippen molar-refractivity contribution in [3.05, 3.63) is 11.9 Å². The van der Waals surface area contributed by atoms with Crippen molar-refractivity contribution in [3.63, 3.8) is 0 Å². The molecule has 0 amide bonds. The Bertz CT molecular complexity index is 619. The van der Waals surface area contributed by atoms with Crippen molar-refractivity contribution in [2.24, 2.45) is 23.2 Å². The lowest BCUT2D eigenvalue weighted by atomic mass is 9.68. The summed E-state index contributed by atoms with van der Waals surface area (Å²) in [7, 11) is 0. The maximum Gasteiger partial charge on any atom is 0.110 e. The number of hydrogen-bond donors (Lipinski definition) is 0. The molecule has 29 heavy (non-hydrogen) atoms. The van der Waals surface area contributed by atoms with E-state index in [0.717, 1.165) is 25.1 Å². The minimum Gasteiger partial charge on any atom is -0.365 e. The summed E-state index contributed by atoms with van der Waals surface area (Å²) in [6, 6.07) is 0. The van der Waals surface area contributed by atoms with Crippen LogP contribution in [-0.4, -0.2) is 26.5 Å². The van der Waals surface area contributed by atoms with Crippen molar-refractivity contribution in [1.29, 1.82) is 0 Å². The SMILES string of the molecule is CC(C)C(C)CCOC(C)(C)SC(C)n1cc(C(C)(C)CC(C)(C)C(C)C)nn1. The maximum absolute atomic E-state index is 6.21. The molecule has 1 aromatic rings. The van der Waals surface area contributed by atoms with E-state index in [1.807, 2.05) is 4.68 Å². The molecule has 0 spiro atoms. The zero-order chi connectivity index (χ0) is 22.6. The minimum absolute atomic E-state index is 0.00455. The standard InChI is InChI=1S/C24H47N3OS/c1-17(2)19(5)13-14-28-24(11,12)29-20(6)27-15-21(25-26-27)23(9,10)16-22(7,8)18(3)4/h15,17-20H,13-14,16H2,1-12H3. The third-order valence-electron chi connectivity index (χ3n) is 6.65. The van der Waals surface area contributed by atoms with Gasteiger partial charge in [0.1, 0.15) is 4.93 Å². The molecule has 0 saturated carbocycles. The van der Waals surface area contributed by atoms with Gasteiger partial charge in [-0.3, -0.25) is 0 Å². The number of ether oxygens (including phenoxy) is 1. The summed E-state index contributed by atoms with van der Waals surface area (Å²) >= 11 is 1.80. The largest absolute Gasteiger partial charge is 0.365 e. The van der Waals surface area contributed by atoms with Gasteiger partial charge in [-0.05, 0) is 56.8 Å². The summed E-state index contributed by atoms with van der Waals surface area (Å²) in [5.74, 6) is 2.01. The molecule has 5 heteroatoms. The Hall–Kier alpha value is -0.550. The van der Waals surface area contributed by atoms with Crippen LogP contribution < -0.4 is 0 Å². The van der Waals surface area contributed by atoms with Crippen molar-refractivity contribution in [1.82, 2.24) is 15.0 Å². The molecule has 1 heterocycles. The molecular formula is C24H47N3OS. The molecule has 2 atom stereocenters. The van der Waals surface area contributed by atoms with E-state index in [4.69, 9.17) is 4.74 Å². The molecule has 0 aliphatic rings. The van der Waals surface area contributed by atoms with Gasteiger partial charge in [-0.15, -0.1) is 16.9 Å². The highest BCUT2D eigenvalue weighted by Crippen LogP contribution is 2.41. The maximum atomic E-state index is 6.21. The Kier molecular flexibility index (Phi) is 9.29. The summed E-state index contributed by atoms with van der Waals surface area (Å²) in [6.07, 6.45) is 4.31. The van der Waals surface area contributed by atoms with Crippen molar-refractivity contribution in [3.8, 4) is 0 Å². The highest BCUT2D eigenvalue weighted by Gasteiger charge is 2.35. The summed E-state index contributed by atoms with van der Waals surface area (Å²) in [6.45, 7) is 28.0. The predicted molar refractivity (Wildman–Crippen MR) is 127 cm³/mol. The van der Waals surface area contributed by atoms with E-state index in [1.54, 1.807) is 11.8 Å². The zero-order valence-electron chi connectivity index (χ0n) is 21.2. The summed E-state index contributed by atoms with van der Waals surface area (Å²) in [5.41, 5.74) is 1.33. The normalized spacial score (nSPS) is 15.9. The van der Waals surface area contributed by atoms with Crippen LogP contribution in [0.5, 0.6) is 0 Å². The monoisotopic (exact) mass is 425 g/mol. The van der Waals surface area contributed by atoms with Crippen LogP contribution in [-0.2, 0) is 10.2 Å². The number of rotatable bonds is 12. The molecule has 2 unspecified atom stereocenters. The van der Waals surface area contributed by atoms with Gasteiger partial charge in [-0.1, -0.05) is 67.5 Å². The molecular weight excluding hydrogens is 378 g/mol. The van der Waals surface area contributed by atoms with E-state index in [0.29, 0.717) is 17.8 Å². The fourth-order valence-corrected chi connectivity index (χ4v) is 4.70. The van der Waals surface area contributed by atoms with Crippen molar-refractivity contribution >= 4 is 11.8 Å². The molecule has 4 nitrogen and oxygen atoms in total. The Labute approximate surface area is 184 Å². The molecule has 0 fully saturated rings. The fraction of sp³-hybridized carbons (Fsp3) is 0.917. The number of thioether (sulfide) groups is 1. The van der Waals surface area contributed by atoms with Crippen molar-refractivity contribution in [2.75, 3.05) is 6.61 Å². The molecule has 0 aliphatic carbocycles. The highest BCUT2D eigenvalue weighted by atomic mass is 32.2. The third-order valence-corrected chi connectivity index (χ3v) is 7.89. The van der Waals surface area contributed by atoms with E-state index in [-0.39, 0.29) is 21.1 Å². The lowest BCUT2D eigenvalue weighted by Gasteiger charge is -2.36. The Morgan fingerprint density at radius 3 is 2.10 bits per heavy atom. The number of aromatic nitrogens is 3. The first kappa shape index (κ1) is 26.5. The molecule has 0 aromatic carbocycles. The average molecular weight is 426 g/mol. The lowest BCUT2D eigenvalue weighted by molar-refractivity contribution is 0.0407. The first-order chi connectivity index (χ1) is 13.1. The quantitative estimate of drug-likeness (QED) is 0.329. The Balaban J connectivity index is 2.72. The smallest absolute Gasteiger partial charge is 0.110 e. The van der Waals surface area contributed by atoms with Gasteiger partial charge in [0.2, 0.25) is 0 Å².